The Hall–Kier alpha value is -3.00. The van der Waals surface area contributed by atoms with Crippen LogP contribution in [0.1, 0.15) is 16.1 Å². The van der Waals surface area contributed by atoms with E-state index in [2.05, 4.69) is 9.72 Å². The maximum atomic E-state index is 14.6. The van der Waals surface area contributed by atoms with Gasteiger partial charge in [-0.25, -0.2) is 18.2 Å². The molecule has 3 aromatic carbocycles. The number of rotatable bonds is 5. The van der Waals surface area contributed by atoms with Crippen molar-refractivity contribution in [2.24, 2.45) is 0 Å². The lowest BCUT2D eigenvalue weighted by Crippen LogP contribution is -2.21. The van der Waals surface area contributed by atoms with E-state index in [0.717, 1.165) is 28.0 Å². The fourth-order valence-electron chi connectivity index (χ4n) is 2.93. The normalized spacial score (nSPS) is 11.8. The molecule has 0 aliphatic rings. The van der Waals surface area contributed by atoms with E-state index < -0.39 is 40.7 Å². The first-order valence-corrected chi connectivity index (χ1v) is 9.67. The molecule has 4 rings (SSSR count). The smallest absolute Gasteiger partial charge is 0.427 e. The highest BCUT2D eigenvalue weighted by molar-refractivity contribution is 7.18. The summed E-state index contributed by atoms with van der Waals surface area (Å²) in [5, 5.41) is -0.658. The monoisotopic (exact) mass is 435 g/mol. The third-order valence-corrected chi connectivity index (χ3v) is 5.59. The summed E-state index contributed by atoms with van der Waals surface area (Å²) in [4.78, 5) is 3.90. The van der Waals surface area contributed by atoms with Crippen molar-refractivity contribution in [3.05, 3.63) is 82.4 Å². The van der Waals surface area contributed by atoms with Crippen LogP contribution in [0.3, 0.4) is 0 Å². The molecule has 0 unspecified atom stereocenters. The van der Waals surface area contributed by atoms with Crippen LogP contribution < -0.4 is 4.74 Å². The number of aromatic nitrogens is 1. The van der Waals surface area contributed by atoms with Gasteiger partial charge in [-0.3, -0.25) is 0 Å². The fourth-order valence-corrected chi connectivity index (χ4v) is 3.85. The number of ether oxygens (including phenoxy) is 1. The number of halogens is 5. The van der Waals surface area contributed by atoms with Crippen LogP contribution in [0.15, 0.2) is 54.6 Å². The second-order valence-corrected chi connectivity index (χ2v) is 7.72. The highest BCUT2D eigenvalue weighted by Gasteiger charge is 2.39. The van der Waals surface area contributed by atoms with Gasteiger partial charge in [0.1, 0.15) is 24.1 Å². The largest absolute Gasteiger partial charge is 0.454 e. The van der Waals surface area contributed by atoms with Crippen molar-refractivity contribution < 1.29 is 26.7 Å². The van der Waals surface area contributed by atoms with Gasteiger partial charge >= 0.3 is 6.11 Å². The van der Waals surface area contributed by atoms with Crippen molar-refractivity contribution in [1.82, 2.24) is 4.98 Å². The number of benzene rings is 3. The lowest BCUT2D eigenvalue weighted by molar-refractivity contribution is -0.185. The summed E-state index contributed by atoms with van der Waals surface area (Å²) < 4.78 is 74.2. The molecule has 4 aromatic rings. The Balaban J connectivity index is 1.65. The van der Waals surface area contributed by atoms with Gasteiger partial charge in [0.25, 0.3) is 0 Å². The molecule has 8 heteroatoms. The molecule has 0 atom stereocenters. The molecular formula is C22H14F5NOS. The summed E-state index contributed by atoms with van der Waals surface area (Å²) >= 11 is 0.718. The summed E-state index contributed by atoms with van der Waals surface area (Å²) in [5.74, 6) is -3.35. The van der Waals surface area contributed by atoms with Gasteiger partial charge in [-0.05, 0) is 30.2 Å². The van der Waals surface area contributed by atoms with Gasteiger partial charge in [0.2, 0.25) is 5.01 Å². The summed E-state index contributed by atoms with van der Waals surface area (Å²) in [5.41, 5.74) is 2.38. The number of aryl methyl sites for hydroxylation is 1. The van der Waals surface area contributed by atoms with Crippen molar-refractivity contribution in [1.29, 1.82) is 0 Å². The second-order valence-electron chi connectivity index (χ2n) is 6.69. The lowest BCUT2D eigenvalue weighted by Gasteiger charge is -2.16. The molecule has 0 aliphatic heterocycles. The predicted molar refractivity (Wildman–Crippen MR) is 105 cm³/mol. The van der Waals surface area contributed by atoms with Crippen molar-refractivity contribution in [2.45, 2.75) is 19.7 Å². The predicted octanol–water partition coefficient (Wildman–Crippen LogP) is 7.15. The van der Waals surface area contributed by atoms with E-state index in [-0.39, 0.29) is 0 Å². The van der Waals surface area contributed by atoms with Gasteiger partial charge in [0.15, 0.2) is 0 Å². The van der Waals surface area contributed by atoms with Crippen molar-refractivity contribution in [3.63, 3.8) is 0 Å². The second kappa shape index (κ2) is 7.68. The molecule has 30 heavy (non-hydrogen) atoms. The lowest BCUT2D eigenvalue weighted by atomic mass is 10.0. The summed E-state index contributed by atoms with van der Waals surface area (Å²) in [6.45, 7) is 0.572. The van der Waals surface area contributed by atoms with Gasteiger partial charge in [-0.1, -0.05) is 35.9 Å². The quantitative estimate of drug-likeness (QED) is 0.311. The maximum Gasteiger partial charge on any atom is 0.454 e. The number of alkyl halides is 3. The Morgan fingerprint density at radius 2 is 1.57 bits per heavy atom. The zero-order valence-corrected chi connectivity index (χ0v) is 16.4. The first kappa shape index (κ1) is 20.3. The minimum Gasteiger partial charge on any atom is -0.427 e. The Labute approximate surface area is 172 Å². The molecule has 0 saturated carbocycles. The molecule has 2 nitrogen and oxygen atoms in total. The molecule has 1 heterocycles. The average Bonchev–Trinajstić information content (AvgIpc) is 3.12. The number of fused-ring (bicyclic) bond motifs is 1. The van der Waals surface area contributed by atoms with E-state index in [1.807, 2.05) is 31.2 Å². The van der Waals surface area contributed by atoms with Crippen molar-refractivity contribution >= 4 is 21.6 Å². The zero-order chi connectivity index (χ0) is 21.5. The number of hydrogen-bond donors (Lipinski definition) is 0. The molecule has 0 bridgehead atoms. The first-order valence-electron chi connectivity index (χ1n) is 8.85. The molecule has 0 spiro atoms. The Morgan fingerprint density at radius 3 is 2.20 bits per heavy atom. The SMILES string of the molecule is Cc1ccc(-c2ccc3nc(C(F)(F)Oc4cc(F)c(CF)c(F)c4)sc3c2)cc1. The Bertz CT molecular complexity index is 1200. The summed E-state index contributed by atoms with van der Waals surface area (Å²) in [6, 6.07) is 13.9. The molecule has 0 radical (unpaired) electrons. The Kier molecular flexibility index (Phi) is 5.19. The molecular weight excluding hydrogens is 421 g/mol. The van der Waals surface area contributed by atoms with Crippen LogP contribution in [0.25, 0.3) is 21.3 Å². The van der Waals surface area contributed by atoms with Gasteiger partial charge < -0.3 is 4.74 Å². The van der Waals surface area contributed by atoms with Crippen LogP contribution in [-0.2, 0) is 12.8 Å². The van der Waals surface area contributed by atoms with E-state index in [9.17, 15) is 22.0 Å². The van der Waals surface area contributed by atoms with Gasteiger partial charge in [-0.15, -0.1) is 11.3 Å². The third kappa shape index (κ3) is 3.87. The minimum absolute atomic E-state index is 0.347. The Morgan fingerprint density at radius 1 is 0.933 bits per heavy atom. The van der Waals surface area contributed by atoms with E-state index in [1.54, 1.807) is 18.2 Å². The topological polar surface area (TPSA) is 22.1 Å². The highest BCUT2D eigenvalue weighted by atomic mass is 32.1. The number of nitrogens with zero attached hydrogens (tertiary/aromatic N) is 1. The molecule has 0 saturated heterocycles. The van der Waals surface area contributed by atoms with Crippen LogP contribution in [0.2, 0.25) is 0 Å². The highest BCUT2D eigenvalue weighted by Crippen LogP contribution is 2.38. The van der Waals surface area contributed by atoms with Crippen LogP contribution in [0.4, 0.5) is 22.0 Å². The van der Waals surface area contributed by atoms with Crippen LogP contribution >= 0.6 is 11.3 Å². The molecule has 0 aliphatic carbocycles. The van der Waals surface area contributed by atoms with E-state index in [1.165, 1.54) is 0 Å². The molecule has 0 fully saturated rings. The summed E-state index contributed by atoms with van der Waals surface area (Å²) in [7, 11) is 0. The number of thiazole rings is 1. The molecule has 0 amide bonds. The number of hydrogen-bond acceptors (Lipinski definition) is 3. The van der Waals surface area contributed by atoms with Crippen LogP contribution in [0, 0.1) is 18.6 Å². The third-order valence-electron chi connectivity index (χ3n) is 4.52. The minimum atomic E-state index is -3.93. The fraction of sp³-hybridized carbons (Fsp3) is 0.136. The van der Waals surface area contributed by atoms with Crippen molar-refractivity contribution in [3.8, 4) is 16.9 Å². The standard InChI is InChI=1S/C22H14F5NOS/c1-12-2-4-13(5-3-12)14-6-7-19-20(8-14)30-21(28-19)22(26,27)29-15-9-17(24)16(11-23)18(25)10-15/h2-10H,11H2,1H3. The molecule has 154 valence electrons. The molecule has 1 aromatic heterocycles. The average molecular weight is 435 g/mol. The zero-order valence-electron chi connectivity index (χ0n) is 15.6. The van der Waals surface area contributed by atoms with E-state index in [0.29, 0.717) is 22.3 Å². The van der Waals surface area contributed by atoms with E-state index >= 15 is 0 Å². The van der Waals surface area contributed by atoms with Crippen LogP contribution in [0.5, 0.6) is 5.75 Å². The summed E-state index contributed by atoms with van der Waals surface area (Å²) in [6.07, 6.45) is -3.93. The first-order chi connectivity index (χ1) is 14.3. The van der Waals surface area contributed by atoms with Gasteiger partial charge in [-0.2, -0.15) is 8.78 Å². The van der Waals surface area contributed by atoms with Crippen molar-refractivity contribution in [2.75, 3.05) is 0 Å². The van der Waals surface area contributed by atoms with E-state index in [4.69, 9.17) is 0 Å². The van der Waals surface area contributed by atoms with Gasteiger partial charge in [0.05, 0.1) is 15.8 Å². The maximum absolute atomic E-state index is 14.6. The van der Waals surface area contributed by atoms with Crippen LogP contribution in [-0.4, -0.2) is 4.98 Å². The molecule has 0 N–H and O–H groups in total. The van der Waals surface area contributed by atoms with Gasteiger partial charge in [0, 0.05) is 12.1 Å².